The molecule has 6 nitrogen and oxygen atoms in total. The SMILES string of the molecule is CCCn1ccnc1SCC(=O)Nc1sccc1C(N)=O. The molecule has 2 amide bonds. The molecular formula is C13H16N4O2S2. The fourth-order valence-corrected chi connectivity index (χ4v) is 3.33. The number of anilines is 1. The first kappa shape index (κ1) is 15.6. The van der Waals surface area contributed by atoms with Crippen molar-refractivity contribution in [2.75, 3.05) is 11.1 Å². The summed E-state index contributed by atoms with van der Waals surface area (Å²) in [5.74, 6) is -0.495. The van der Waals surface area contributed by atoms with Gasteiger partial charge in [0.25, 0.3) is 5.91 Å². The van der Waals surface area contributed by atoms with Gasteiger partial charge in [-0.25, -0.2) is 4.98 Å². The fourth-order valence-electron chi connectivity index (χ4n) is 1.74. The largest absolute Gasteiger partial charge is 0.366 e. The quantitative estimate of drug-likeness (QED) is 0.764. The van der Waals surface area contributed by atoms with Crippen molar-refractivity contribution < 1.29 is 9.59 Å². The van der Waals surface area contributed by atoms with Crippen LogP contribution < -0.4 is 11.1 Å². The van der Waals surface area contributed by atoms with E-state index >= 15 is 0 Å². The summed E-state index contributed by atoms with van der Waals surface area (Å²) in [7, 11) is 0. The molecule has 21 heavy (non-hydrogen) atoms. The molecule has 2 aromatic rings. The third-order valence-corrected chi connectivity index (χ3v) is 4.49. The molecule has 0 bridgehead atoms. The van der Waals surface area contributed by atoms with E-state index in [0.717, 1.165) is 18.1 Å². The molecule has 0 aliphatic carbocycles. The van der Waals surface area contributed by atoms with E-state index in [0.29, 0.717) is 10.6 Å². The van der Waals surface area contributed by atoms with E-state index in [-0.39, 0.29) is 11.7 Å². The fraction of sp³-hybridized carbons (Fsp3) is 0.308. The van der Waals surface area contributed by atoms with E-state index in [1.807, 2.05) is 10.8 Å². The van der Waals surface area contributed by atoms with E-state index in [1.54, 1.807) is 17.6 Å². The smallest absolute Gasteiger partial charge is 0.251 e. The predicted molar refractivity (Wildman–Crippen MR) is 84.7 cm³/mol. The number of nitrogens with zero attached hydrogens (tertiary/aromatic N) is 2. The lowest BCUT2D eigenvalue weighted by molar-refractivity contribution is -0.113. The van der Waals surface area contributed by atoms with Crippen molar-refractivity contribution in [1.29, 1.82) is 0 Å². The first-order chi connectivity index (χ1) is 10.1. The Kier molecular flexibility index (Phi) is 5.40. The van der Waals surface area contributed by atoms with Crippen molar-refractivity contribution >= 4 is 39.9 Å². The number of carbonyl (C=O) groups excluding carboxylic acids is 2. The zero-order chi connectivity index (χ0) is 15.2. The van der Waals surface area contributed by atoms with Gasteiger partial charge in [0.05, 0.1) is 11.3 Å². The van der Waals surface area contributed by atoms with E-state index < -0.39 is 5.91 Å². The third-order valence-electron chi connectivity index (χ3n) is 2.66. The number of hydrogen-bond acceptors (Lipinski definition) is 5. The number of imidazole rings is 1. The van der Waals surface area contributed by atoms with Gasteiger partial charge in [-0.15, -0.1) is 11.3 Å². The van der Waals surface area contributed by atoms with E-state index in [4.69, 9.17) is 5.73 Å². The van der Waals surface area contributed by atoms with Crippen LogP contribution in [-0.2, 0) is 11.3 Å². The molecule has 0 saturated carbocycles. The second-order valence-corrected chi connectivity index (χ2v) is 6.13. The average Bonchev–Trinajstić information content (AvgIpc) is 3.06. The normalized spacial score (nSPS) is 10.5. The Morgan fingerprint density at radius 1 is 1.52 bits per heavy atom. The molecule has 0 aliphatic heterocycles. The van der Waals surface area contributed by atoms with Crippen molar-refractivity contribution in [1.82, 2.24) is 9.55 Å². The van der Waals surface area contributed by atoms with Gasteiger partial charge < -0.3 is 15.6 Å². The van der Waals surface area contributed by atoms with Crippen LogP contribution >= 0.6 is 23.1 Å². The van der Waals surface area contributed by atoms with Crippen molar-refractivity contribution in [3.05, 3.63) is 29.4 Å². The highest BCUT2D eigenvalue weighted by Gasteiger charge is 2.13. The molecule has 0 radical (unpaired) electrons. The molecule has 0 unspecified atom stereocenters. The van der Waals surface area contributed by atoms with Gasteiger partial charge in [0.2, 0.25) is 5.91 Å². The van der Waals surface area contributed by atoms with Crippen LogP contribution in [0.4, 0.5) is 5.00 Å². The second kappa shape index (κ2) is 7.28. The summed E-state index contributed by atoms with van der Waals surface area (Å²) in [6.07, 6.45) is 4.63. The molecule has 0 fully saturated rings. The molecule has 0 aliphatic rings. The van der Waals surface area contributed by atoms with Gasteiger partial charge in [-0.3, -0.25) is 9.59 Å². The minimum atomic E-state index is -0.544. The number of nitrogens with one attached hydrogen (secondary N) is 1. The van der Waals surface area contributed by atoms with Crippen molar-refractivity contribution in [3.8, 4) is 0 Å². The summed E-state index contributed by atoms with van der Waals surface area (Å²) in [5.41, 5.74) is 5.58. The van der Waals surface area contributed by atoms with Crippen LogP contribution in [0.2, 0.25) is 0 Å². The van der Waals surface area contributed by atoms with Crippen molar-refractivity contribution in [2.45, 2.75) is 25.0 Å². The Hall–Kier alpha value is -1.80. The van der Waals surface area contributed by atoms with Crippen LogP contribution in [0, 0.1) is 0 Å². The minimum Gasteiger partial charge on any atom is -0.366 e. The zero-order valence-corrected chi connectivity index (χ0v) is 13.2. The minimum absolute atomic E-state index is 0.184. The summed E-state index contributed by atoms with van der Waals surface area (Å²) >= 11 is 2.64. The lowest BCUT2D eigenvalue weighted by Gasteiger charge is -2.06. The highest BCUT2D eigenvalue weighted by Crippen LogP contribution is 2.23. The summed E-state index contributed by atoms with van der Waals surface area (Å²) in [5, 5.41) is 5.73. The van der Waals surface area contributed by atoms with Crippen molar-refractivity contribution in [2.24, 2.45) is 5.73 Å². The molecule has 0 spiro atoms. The Bertz CT molecular complexity index is 636. The van der Waals surface area contributed by atoms with E-state index in [9.17, 15) is 9.59 Å². The maximum atomic E-state index is 11.9. The van der Waals surface area contributed by atoms with E-state index in [2.05, 4.69) is 17.2 Å². The maximum absolute atomic E-state index is 11.9. The Morgan fingerprint density at radius 2 is 2.33 bits per heavy atom. The number of aryl methyl sites for hydroxylation is 1. The Balaban J connectivity index is 1.91. The molecule has 3 N–H and O–H groups in total. The molecule has 112 valence electrons. The lowest BCUT2D eigenvalue weighted by atomic mass is 10.3. The molecular weight excluding hydrogens is 308 g/mol. The Morgan fingerprint density at radius 3 is 3.05 bits per heavy atom. The van der Waals surface area contributed by atoms with Crippen LogP contribution in [0.3, 0.4) is 0 Å². The number of aromatic nitrogens is 2. The number of primary amides is 1. The highest BCUT2D eigenvalue weighted by molar-refractivity contribution is 7.99. The number of thioether (sulfide) groups is 1. The second-order valence-electron chi connectivity index (χ2n) is 4.27. The van der Waals surface area contributed by atoms with Gasteiger partial charge in [0, 0.05) is 18.9 Å². The first-order valence-electron chi connectivity index (χ1n) is 6.43. The third kappa shape index (κ3) is 4.08. The number of nitrogens with two attached hydrogens (primary N) is 1. The molecule has 0 saturated heterocycles. The van der Waals surface area contributed by atoms with Gasteiger partial charge in [0.1, 0.15) is 5.00 Å². The van der Waals surface area contributed by atoms with Gasteiger partial charge in [-0.05, 0) is 17.9 Å². The van der Waals surface area contributed by atoms with Crippen molar-refractivity contribution in [3.63, 3.8) is 0 Å². The standard InChI is InChI=1S/C13H16N4O2S2/c1-2-5-17-6-4-15-13(17)21-8-10(18)16-12-9(11(14)19)3-7-20-12/h3-4,6-7H,2,5,8H2,1H3,(H2,14,19)(H,16,18). The van der Waals surface area contributed by atoms with Gasteiger partial charge in [0.15, 0.2) is 5.16 Å². The molecule has 2 heterocycles. The van der Waals surface area contributed by atoms with Gasteiger partial charge >= 0.3 is 0 Å². The summed E-state index contributed by atoms with van der Waals surface area (Å²) in [6.45, 7) is 2.96. The summed E-state index contributed by atoms with van der Waals surface area (Å²) < 4.78 is 2.01. The Labute approximate surface area is 130 Å². The van der Waals surface area contributed by atoms with Crippen LogP contribution in [0.1, 0.15) is 23.7 Å². The number of hydrogen-bond donors (Lipinski definition) is 2. The number of amides is 2. The van der Waals surface area contributed by atoms with E-state index in [1.165, 1.54) is 23.1 Å². The molecule has 0 aromatic carbocycles. The van der Waals surface area contributed by atoms with Crippen LogP contribution in [-0.4, -0.2) is 27.1 Å². The van der Waals surface area contributed by atoms with Gasteiger partial charge in [-0.1, -0.05) is 18.7 Å². The first-order valence-corrected chi connectivity index (χ1v) is 8.29. The topological polar surface area (TPSA) is 90.0 Å². The van der Waals surface area contributed by atoms with Crippen LogP contribution in [0.25, 0.3) is 0 Å². The maximum Gasteiger partial charge on any atom is 0.251 e. The lowest BCUT2D eigenvalue weighted by Crippen LogP contribution is -2.18. The van der Waals surface area contributed by atoms with Crippen LogP contribution in [0.5, 0.6) is 0 Å². The summed E-state index contributed by atoms with van der Waals surface area (Å²) in [6, 6.07) is 1.60. The average molecular weight is 324 g/mol. The predicted octanol–water partition coefficient (Wildman–Crippen LogP) is 2.18. The van der Waals surface area contributed by atoms with Crippen LogP contribution in [0.15, 0.2) is 29.0 Å². The number of rotatable bonds is 7. The summed E-state index contributed by atoms with van der Waals surface area (Å²) in [4.78, 5) is 27.3. The molecule has 2 rings (SSSR count). The van der Waals surface area contributed by atoms with Gasteiger partial charge in [-0.2, -0.15) is 0 Å². The molecule has 2 aromatic heterocycles. The number of thiophene rings is 1. The molecule has 8 heteroatoms. The number of carbonyl (C=O) groups is 2. The monoisotopic (exact) mass is 324 g/mol. The molecule has 0 atom stereocenters. The zero-order valence-electron chi connectivity index (χ0n) is 11.5. The highest BCUT2D eigenvalue weighted by atomic mass is 32.2.